The van der Waals surface area contributed by atoms with Crippen molar-refractivity contribution in [3.63, 3.8) is 0 Å². The average molecular weight is 408 g/mol. The van der Waals surface area contributed by atoms with E-state index in [2.05, 4.69) is 20.6 Å². The molecule has 0 unspecified atom stereocenters. The minimum atomic E-state index is -0.248. The molecule has 26 heavy (non-hydrogen) atoms. The van der Waals surface area contributed by atoms with E-state index < -0.39 is 0 Å². The van der Waals surface area contributed by atoms with Crippen molar-refractivity contribution < 1.29 is 4.79 Å². The summed E-state index contributed by atoms with van der Waals surface area (Å²) in [5.41, 5.74) is 8.03. The Morgan fingerprint density at radius 3 is 2.69 bits per heavy atom. The first kappa shape index (κ1) is 17.3. The highest BCUT2D eigenvalue weighted by Gasteiger charge is 2.25. The Bertz CT molecular complexity index is 1030. The van der Waals surface area contributed by atoms with Crippen LogP contribution in [0.3, 0.4) is 0 Å². The van der Waals surface area contributed by atoms with E-state index in [-0.39, 0.29) is 5.91 Å². The highest BCUT2D eigenvalue weighted by Crippen LogP contribution is 2.40. The van der Waals surface area contributed by atoms with Crippen LogP contribution in [-0.4, -0.2) is 29.0 Å². The number of halogens is 2. The number of carbonyl (C=O) groups excluding carboxylic acids is 1. The zero-order valence-corrected chi connectivity index (χ0v) is 16.1. The predicted molar refractivity (Wildman–Crippen MR) is 107 cm³/mol. The minimum absolute atomic E-state index is 0.248. The molecule has 1 aromatic carbocycles. The Hall–Kier alpha value is -2.09. The molecule has 0 radical (unpaired) electrons. The van der Waals surface area contributed by atoms with E-state index in [0.29, 0.717) is 48.5 Å². The number of nitrogens with one attached hydrogen (secondary N) is 2. The summed E-state index contributed by atoms with van der Waals surface area (Å²) in [6, 6.07) is 5.67. The minimum Gasteiger partial charge on any atom is -0.397 e. The van der Waals surface area contributed by atoms with Crippen LogP contribution in [0.4, 0.5) is 11.6 Å². The Labute approximate surface area is 163 Å². The van der Waals surface area contributed by atoms with E-state index in [1.807, 2.05) is 6.07 Å². The summed E-state index contributed by atoms with van der Waals surface area (Å²) in [5.74, 6) is 0.271. The molecule has 0 atom stereocenters. The lowest BCUT2D eigenvalue weighted by Gasteiger charge is -2.09. The van der Waals surface area contributed by atoms with E-state index in [4.69, 9.17) is 28.9 Å². The van der Waals surface area contributed by atoms with Crippen LogP contribution >= 0.6 is 34.5 Å². The second-order valence-electron chi connectivity index (χ2n) is 6.05. The Morgan fingerprint density at radius 1 is 1.27 bits per heavy atom. The van der Waals surface area contributed by atoms with E-state index in [1.54, 1.807) is 19.2 Å². The molecule has 9 heteroatoms. The van der Waals surface area contributed by atoms with Crippen molar-refractivity contribution >= 4 is 62.3 Å². The summed E-state index contributed by atoms with van der Waals surface area (Å²) in [4.78, 5) is 22.4. The molecule has 1 amide bonds. The van der Waals surface area contributed by atoms with Gasteiger partial charge in [-0.2, -0.15) is 0 Å². The number of anilines is 2. The number of amides is 1. The fraction of sp³-hybridized carbons (Fsp3) is 0.235. The Morgan fingerprint density at radius 2 is 2.04 bits per heavy atom. The number of nitrogens with zero attached hydrogens (tertiary/aromatic N) is 2. The third-order valence-electron chi connectivity index (χ3n) is 4.13. The normalized spacial score (nSPS) is 13.8. The number of hydrogen-bond acceptors (Lipinski definition) is 6. The molecular formula is C17H15Cl2N5OS. The molecule has 1 saturated carbocycles. The molecule has 4 N–H and O–H groups in total. The number of hydrogen-bond donors (Lipinski definition) is 3. The molecule has 2 heterocycles. The molecule has 1 aliphatic carbocycles. The molecule has 6 nitrogen and oxygen atoms in total. The molecule has 2 aromatic heterocycles. The molecular weight excluding hydrogens is 393 g/mol. The number of benzene rings is 1. The molecule has 0 bridgehead atoms. The van der Waals surface area contributed by atoms with Gasteiger partial charge in [-0.1, -0.05) is 29.3 Å². The van der Waals surface area contributed by atoms with Crippen LogP contribution in [0.2, 0.25) is 10.0 Å². The maximum atomic E-state index is 12.1. The number of rotatable bonds is 4. The summed E-state index contributed by atoms with van der Waals surface area (Å²) in [7, 11) is 1.57. The van der Waals surface area contributed by atoms with Crippen LogP contribution in [0.1, 0.15) is 22.5 Å². The molecule has 3 aromatic rings. The number of carbonyl (C=O) groups is 1. The van der Waals surface area contributed by atoms with Crippen LogP contribution in [0.25, 0.3) is 21.5 Å². The van der Waals surface area contributed by atoms with Crippen LogP contribution in [0.5, 0.6) is 0 Å². The van der Waals surface area contributed by atoms with Gasteiger partial charge < -0.3 is 16.4 Å². The van der Waals surface area contributed by atoms with Crippen molar-refractivity contribution in [2.45, 2.75) is 18.9 Å². The zero-order valence-electron chi connectivity index (χ0n) is 13.8. The first-order valence-corrected chi connectivity index (χ1v) is 9.59. The summed E-state index contributed by atoms with van der Waals surface area (Å²) in [6.07, 6.45) is 2.19. The molecule has 4 rings (SSSR count). The first-order chi connectivity index (χ1) is 12.5. The zero-order chi connectivity index (χ0) is 18.4. The van der Waals surface area contributed by atoms with Gasteiger partial charge in [0.1, 0.15) is 9.71 Å². The molecule has 134 valence electrons. The predicted octanol–water partition coefficient (Wildman–Crippen LogP) is 4.18. The van der Waals surface area contributed by atoms with E-state index in [9.17, 15) is 4.79 Å². The second-order valence-corrected chi connectivity index (χ2v) is 7.86. The SMILES string of the molecule is CNC(=O)c1sc2nc(NC3CC3)nc(-c3ccc(Cl)c(Cl)c3)c2c1N. The van der Waals surface area contributed by atoms with Gasteiger partial charge >= 0.3 is 0 Å². The van der Waals surface area contributed by atoms with Gasteiger partial charge in [-0.15, -0.1) is 11.3 Å². The number of fused-ring (bicyclic) bond motifs is 1. The molecule has 0 aliphatic heterocycles. The molecule has 1 fully saturated rings. The molecule has 0 spiro atoms. The fourth-order valence-electron chi connectivity index (χ4n) is 2.63. The van der Waals surface area contributed by atoms with Gasteiger partial charge in [-0.25, -0.2) is 9.97 Å². The lowest BCUT2D eigenvalue weighted by atomic mass is 10.1. The smallest absolute Gasteiger partial charge is 0.263 e. The largest absolute Gasteiger partial charge is 0.397 e. The van der Waals surface area contributed by atoms with Gasteiger partial charge in [0, 0.05) is 18.7 Å². The van der Waals surface area contributed by atoms with Gasteiger partial charge in [0.25, 0.3) is 5.91 Å². The Kier molecular flexibility index (Phi) is 4.38. The van der Waals surface area contributed by atoms with E-state index in [1.165, 1.54) is 11.3 Å². The first-order valence-electron chi connectivity index (χ1n) is 8.02. The standard InChI is InChI=1S/C17H15Cl2N5OS/c1-21-15(25)14-12(20)11-13(7-2-5-9(18)10(19)6-7)23-17(22-8-3-4-8)24-16(11)26-14/h2,5-6,8H,3-4,20H2,1H3,(H,21,25)(H,22,23,24). The summed E-state index contributed by atoms with van der Waals surface area (Å²) < 4.78 is 0. The van der Waals surface area contributed by atoms with Crippen molar-refractivity contribution in [1.29, 1.82) is 0 Å². The summed E-state index contributed by atoms with van der Waals surface area (Å²) in [6.45, 7) is 0. The summed E-state index contributed by atoms with van der Waals surface area (Å²) >= 11 is 13.5. The maximum absolute atomic E-state index is 12.1. The quantitative estimate of drug-likeness (QED) is 0.602. The second kappa shape index (κ2) is 6.57. The van der Waals surface area contributed by atoms with Crippen LogP contribution in [0.15, 0.2) is 18.2 Å². The van der Waals surface area contributed by atoms with Crippen molar-refractivity contribution in [2.24, 2.45) is 0 Å². The number of aromatic nitrogens is 2. The third kappa shape index (κ3) is 3.06. The maximum Gasteiger partial charge on any atom is 0.263 e. The van der Waals surface area contributed by atoms with Gasteiger partial charge in [-0.3, -0.25) is 4.79 Å². The van der Waals surface area contributed by atoms with E-state index in [0.717, 1.165) is 18.4 Å². The van der Waals surface area contributed by atoms with Crippen molar-refractivity contribution in [2.75, 3.05) is 18.1 Å². The van der Waals surface area contributed by atoms with Gasteiger partial charge in [0.15, 0.2) is 0 Å². The molecule has 0 saturated heterocycles. The topological polar surface area (TPSA) is 92.9 Å². The lowest BCUT2D eigenvalue weighted by Crippen LogP contribution is -2.17. The number of nitrogens with two attached hydrogens (primary N) is 1. The fourth-order valence-corrected chi connectivity index (χ4v) is 3.97. The van der Waals surface area contributed by atoms with Crippen molar-refractivity contribution in [3.05, 3.63) is 33.1 Å². The number of nitrogen functional groups attached to an aromatic ring is 1. The Balaban J connectivity index is 1.96. The van der Waals surface area contributed by atoms with Crippen molar-refractivity contribution in [1.82, 2.24) is 15.3 Å². The number of thiophene rings is 1. The third-order valence-corrected chi connectivity index (χ3v) is 5.96. The highest BCUT2D eigenvalue weighted by molar-refractivity contribution is 7.21. The molecule has 1 aliphatic rings. The highest BCUT2D eigenvalue weighted by atomic mass is 35.5. The van der Waals surface area contributed by atoms with Gasteiger partial charge in [-0.05, 0) is 25.0 Å². The lowest BCUT2D eigenvalue weighted by molar-refractivity contribution is 0.0968. The van der Waals surface area contributed by atoms with Crippen LogP contribution < -0.4 is 16.4 Å². The average Bonchev–Trinajstić information content (AvgIpc) is 3.38. The van der Waals surface area contributed by atoms with Crippen LogP contribution in [-0.2, 0) is 0 Å². The van der Waals surface area contributed by atoms with Gasteiger partial charge in [0.05, 0.1) is 26.8 Å². The summed E-state index contributed by atoms with van der Waals surface area (Å²) in [5, 5.41) is 7.44. The monoisotopic (exact) mass is 407 g/mol. The van der Waals surface area contributed by atoms with E-state index >= 15 is 0 Å². The van der Waals surface area contributed by atoms with Crippen LogP contribution in [0, 0.1) is 0 Å². The van der Waals surface area contributed by atoms with Gasteiger partial charge in [0.2, 0.25) is 5.95 Å². The van der Waals surface area contributed by atoms with Crippen molar-refractivity contribution in [3.8, 4) is 11.3 Å².